The second-order valence-electron chi connectivity index (χ2n) is 2.97. The summed E-state index contributed by atoms with van der Waals surface area (Å²) < 4.78 is 0. The first-order valence-electron chi connectivity index (χ1n) is 4.41. The van der Waals surface area contributed by atoms with Gasteiger partial charge in [-0.05, 0) is 13.0 Å². The molecule has 82 valence electrons. The molecule has 0 bridgehead atoms. The maximum atomic E-state index is 11.7. The van der Waals surface area contributed by atoms with Crippen LogP contribution in [0.3, 0.4) is 0 Å². The molecule has 0 aliphatic heterocycles. The highest BCUT2D eigenvalue weighted by molar-refractivity contribution is 7.15. The van der Waals surface area contributed by atoms with Gasteiger partial charge in [0, 0.05) is 6.20 Å². The predicted molar refractivity (Wildman–Crippen MR) is 58.5 cm³/mol. The molecule has 0 atom stereocenters. The Morgan fingerprint density at radius 2 is 2.31 bits per heavy atom. The van der Waals surface area contributed by atoms with E-state index in [0.717, 1.165) is 5.01 Å². The summed E-state index contributed by atoms with van der Waals surface area (Å²) in [4.78, 5) is 15.4. The Labute approximate surface area is 95.0 Å². The molecule has 0 radical (unpaired) electrons. The molecule has 0 spiro atoms. The normalized spacial score (nSPS) is 10.1. The van der Waals surface area contributed by atoms with Crippen LogP contribution < -0.4 is 5.32 Å². The molecule has 0 saturated heterocycles. The van der Waals surface area contributed by atoms with E-state index in [1.54, 1.807) is 6.92 Å². The van der Waals surface area contributed by atoms with Gasteiger partial charge in [0.2, 0.25) is 5.13 Å². The fraction of sp³-hybridized carbons (Fsp3) is 0.111. The summed E-state index contributed by atoms with van der Waals surface area (Å²) in [6.07, 6.45) is 2.64. The van der Waals surface area contributed by atoms with Crippen molar-refractivity contribution in [3.63, 3.8) is 0 Å². The van der Waals surface area contributed by atoms with Gasteiger partial charge in [-0.25, -0.2) is 0 Å². The zero-order valence-corrected chi connectivity index (χ0v) is 9.15. The van der Waals surface area contributed by atoms with Crippen molar-refractivity contribution in [2.45, 2.75) is 6.92 Å². The minimum Gasteiger partial charge on any atom is -0.505 e. The first kappa shape index (κ1) is 10.5. The van der Waals surface area contributed by atoms with E-state index in [1.165, 1.54) is 29.8 Å². The molecule has 2 N–H and O–H groups in total. The van der Waals surface area contributed by atoms with Crippen LogP contribution in [0.4, 0.5) is 5.13 Å². The van der Waals surface area contributed by atoms with Crippen LogP contribution >= 0.6 is 11.3 Å². The lowest BCUT2D eigenvalue weighted by atomic mass is 10.2. The third-order valence-electron chi connectivity index (χ3n) is 1.79. The SMILES string of the molecule is Cc1nnc(NC(=O)c2ccncc2O)s1. The van der Waals surface area contributed by atoms with Crippen molar-refractivity contribution in [1.29, 1.82) is 0 Å². The van der Waals surface area contributed by atoms with Crippen molar-refractivity contribution in [1.82, 2.24) is 15.2 Å². The van der Waals surface area contributed by atoms with Crippen molar-refractivity contribution in [3.05, 3.63) is 29.0 Å². The van der Waals surface area contributed by atoms with Crippen LogP contribution in [0.5, 0.6) is 5.75 Å². The first-order valence-corrected chi connectivity index (χ1v) is 5.23. The van der Waals surface area contributed by atoms with E-state index < -0.39 is 5.91 Å². The van der Waals surface area contributed by atoms with E-state index in [4.69, 9.17) is 0 Å². The number of carbonyl (C=O) groups is 1. The van der Waals surface area contributed by atoms with E-state index in [2.05, 4.69) is 20.5 Å². The third kappa shape index (κ3) is 2.14. The van der Waals surface area contributed by atoms with Gasteiger partial charge in [0.25, 0.3) is 5.91 Å². The summed E-state index contributed by atoms with van der Waals surface area (Å²) in [7, 11) is 0. The van der Waals surface area contributed by atoms with Gasteiger partial charge in [-0.2, -0.15) is 0 Å². The van der Waals surface area contributed by atoms with E-state index in [1.807, 2.05) is 0 Å². The average Bonchev–Trinajstić information content (AvgIpc) is 2.64. The lowest BCUT2D eigenvalue weighted by Crippen LogP contribution is -2.11. The summed E-state index contributed by atoms with van der Waals surface area (Å²) in [5.74, 6) is -0.600. The Morgan fingerprint density at radius 1 is 1.50 bits per heavy atom. The molecule has 2 rings (SSSR count). The lowest BCUT2D eigenvalue weighted by molar-refractivity contribution is 0.102. The lowest BCUT2D eigenvalue weighted by Gasteiger charge is -2.02. The summed E-state index contributed by atoms with van der Waals surface area (Å²) in [5, 5.41) is 20.6. The molecule has 0 aliphatic carbocycles. The smallest absolute Gasteiger partial charge is 0.261 e. The number of pyridine rings is 1. The van der Waals surface area contributed by atoms with Gasteiger partial charge in [0.1, 0.15) is 10.8 Å². The zero-order chi connectivity index (χ0) is 11.5. The van der Waals surface area contributed by atoms with E-state index in [9.17, 15) is 9.90 Å². The number of aryl methyl sites for hydroxylation is 1. The Morgan fingerprint density at radius 3 is 2.94 bits per heavy atom. The number of nitrogens with zero attached hydrogens (tertiary/aromatic N) is 3. The molecule has 2 heterocycles. The van der Waals surface area contributed by atoms with Gasteiger partial charge in [0.05, 0.1) is 11.8 Å². The van der Waals surface area contributed by atoms with Crippen LogP contribution in [-0.2, 0) is 0 Å². The molecule has 2 aromatic heterocycles. The topological polar surface area (TPSA) is 88.0 Å². The van der Waals surface area contributed by atoms with E-state index in [-0.39, 0.29) is 11.3 Å². The molecule has 0 aliphatic rings. The summed E-state index contributed by atoms with van der Waals surface area (Å²) >= 11 is 1.27. The first-order chi connectivity index (χ1) is 7.66. The highest BCUT2D eigenvalue weighted by atomic mass is 32.1. The van der Waals surface area contributed by atoms with Crippen molar-refractivity contribution >= 4 is 22.4 Å². The Hall–Kier alpha value is -2.02. The number of rotatable bonds is 2. The van der Waals surface area contributed by atoms with Crippen molar-refractivity contribution in [2.75, 3.05) is 5.32 Å². The zero-order valence-electron chi connectivity index (χ0n) is 8.34. The molecule has 0 saturated carbocycles. The Balaban J connectivity index is 2.18. The van der Waals surface area contributed by atoms with Crippen LogP contribution in [0.25, 0.3) is 0 Å². The molecule has 0 unspecified atom stereocenters. The van der Waals surface area contributed by atoms with Crippen molar-refractivity contribution < 1.29 is 9.90 Å². The largest absolute Gasteiger partial charge is 0.505 e. The van der Waals surface area contributed by atoms with Gasteiger partial charge in [-0.15, -0.1) is 10.2 Å². The fourth-order valence-electron chi connectivity index (χ4n) is 1.09. The number of nitrogens with one attached hydrogen (secondary N) is 1. The fourth-order valence-corrected chi connectivity index (χ4v) is 1.68. The summed E-state index contributed by atoms with van der Waals surface area (Å²) in [6.45, 7) is 1.79. The van der Waals surface area contributed by atoms with Crippen LogP contribution in [0, 0.1) is 6.92 Å². The quantitative estimate of drug-likeness (QED) is 0.818. The monoisotopic (exact) mass is 236 g/mol. The number of aromatic hydroxyl groups is 1. The van der Waals surface area contributed by atoms with Gasteiger partial charge in [-0.3, -0.25) is 15.1 Å². The predicted octanol–water partition coefficient (Wildman–Crippen LogP) is 1.20. The van der Waals surface area contributed by atoms with E-state index >= 15 is 0 Å². The third-order valence-corrected chi connectivity index (χ3v) is 2.55. The van der Waals surface area contributed by atoms with Crippen LogP contribution in [0.2, 0.25) is 0 Å². The van der Waals surface area contributed by atoms with Gasteiger partial charge in [0.15, 0.2) is 0 Å². The molecular formula is C9H8N4O2S. The Bertz CT molecular complexity index is 526. The number of anilines is 1. The highest BCUT2D eigenvalue weighted by Gasteiger charge is 2.12. The van der Waals surface area contributed by atoms with Crippen molar-refractivity contribution in [3.8, 4) is 5.75 Å². The van der Waals surface area contributed by atoms with Crippen LogP contribution in [0.15, 0.2) is 18.5 Å². The second-order valence-corrected chi connectivity index (χ2v) is 4.15. The molecule has 2 aromatic rings. The molecule has 0 fully saturated rings. The van der Waals surface area contributed by atoms with Gasteiger partial charge >= 0.3 is 0 Å². The van der Waals surface area contributed by atoms with Gasteiger partial charge < -0.3 is 5.11 Å². The van der Waals surface area contributed by atoms with E-state index in [0.29, 0.717) is 5.13 Å². The molecular weight excluding hydrogens is 228 g/mol. The second kappa shape index (κ2) is 4.23. The summed E-state index contributed by atoms with van der Waals surface area (Å²) in [5.41, 5.74) is 0.155. The number of amides is 1. The van der Waals surface area contributed by atoms with Crippen molar-refractivity contribution in [2.24, 2.45) is 0 Å². The van der Waals surface area contributed by atoms with Crippen LogP contribution in [-0.4, -0.2) is 26.2 Å². The molecule has 1 amide bonds. The van der Waals surface area contributed by atoms with Crippen LogP contribution in [0.1, 0.15) is 15.4 Å². The molecule has 6 nitrogen and oxygen atoms in total. The minimum atomic E-state index is -0.434. The minimum absolute atomic E-state index is 0.155. The number of aromatic nitrogens is 3. The molecule has 0 aromatic carbocycles. The number of hydrogen-bond donors (Lipinski definition) is 2. The number of hydrogen-bond acceptors (Lipinski definition) is 6. The molecule has 7 heteroatoms. The maximum Gasteiger partial charge on any atom is 0.261 e. The standard InChI is InChI=1S/C9H8N4O2S/c1-5-12-13-9(16-5)11-8(15)6-2-3-10-4-7(6)14/h2-4,14H,1H3,(H,11,13,15). The average molecular weight is 236 g/mol. The Kier molecular flexibility index (Phi) is 2.78. The van der Waals surface area contributed by atoms with Gasteiger partial charge in [-0.1, -0.05) is 11.3 Å². The summed E-state index contributed by atoms with van der Waals surface area (Å²) in [6, 6.07) is 1.43. The number of carbonyl (C=O) groups excluding carboxylic acids is 1. The molecule has 16 heavy (non-hydrogen) atoms. The maximum absolute atomic E-state index is 11.7. The highest BCUT2D eigenvalue weighted by Crippen LogP contribution is 2.18.